The molecule has 2 heterocycles. The van der Waals surface area contributed by atoms with Crippen LogP contribution in [0.15, 0.2) is 29.8 Å². The van der Waals surface area contributed by atoms with Gasteiger partial charge in [0, 0.05) is 11.9 Å². The molecule has 0 aliphatic carbocycles. The van der Waals surface area contributed by atoms with Crippen LogP contribution < -0.4 is 5.73 Å². The second kappa shape index (κ2) is 5.59. The molecule has 0 spiro atoms. The van der Waals surface area contributed by atoms with Crippen LogP contribution in [0.2, 0.25) is 5.15 Å². The predicted octanol–water partition coefficient (Wildman–Crippen LogP) is 3.21. The van der Waals surface area contributed by atoms with Gasteiger partial charge in [-0.05, 0) is 24.4 Å². The molecule has 0 aromatic carbocycles. The summed E-state index contributed by atoms with van der Waals surface area (Å²) in [5.41, 5.74) is 6.39. The molecule has 0 aliphatic heterocycles. The van der Waals surface area contributed by atoms with E-state index < -0.39 is 0 Å². The quantitative estimate of drug-likeness (QED) is 0.885. The van der Waals surface area contributed by atoms with Crippen LogP contribution in [0.25, 0.3) is 0 Å². The molecule has 19 heavy (non-hydrogen) atoms. The van der Waals surface area contributed by atoms with E-state index in [0.717, 1.165) is 4.88 Å². The number of aromatic nitrogens is 1. The number of carbonyl (C=O) groups excluding carboxylic acids is 1. The summed E-state index contributed by atoms with van der Waals surface area (Å²) in [7, 11) is 1.74. The first-order valence-corrected chi connectivity index (χ1v) is 6.98. The fourth-order valence-corrected chi connectivity index (χ4v) is 2.71. The Morgan fingerprint density at radius 1 is 1.58 bits per heavy atom. The van der Waals surface area contributed by atoms with Gasteiger partial charge in [-0.15, -0.1) is 11.3 Å². The standard InChI is InChI=1S/C13H14ClN3OS/c1-8(11-4-3-5-19-11)17(2)13(18)10-6-9(15)7-16-12(10)14/h3-8H,15H2,1-2H3. The fraction of sp³-hybridized carbons (Fsp3) is 0.231. The van der Waals surface area contributed by atoms with Gasteiger partial charge in [0.15, 0.2) is 0 Å². The van der Waals surface area contributed by atoms with Crippen LogP contribution in [-0.4, -0.2) is 22.8 Å². The number of amides is 1. The molecule has 2 aromatic heterocycles. The highest BCUT2D eigenvalue weighted by Crippen LogP contribution is 2.26. The molecule has 100 valence electrons. The maximum atomic E-state index is 12.4. The molecule has 1 unspecified atom stereocenters. The lowest BCUT2D eigenvalue weighted by Crippen LogP contribution is -2.29. The van der Waals surface area contributed by atoms with Crippen LogP contribution in [0.5, 0.6) is 0 Å². The molecule has 2 aromatic rings. The predicted molar refractivity (Wildman–Crippen MR) is 78.5 cm³/mol. The molecule has 0 fully saturated rings. The van der Waals surface area contributed by atoms with Crippen molar-refractivity contribution in [2.75, 3.05) is 12.8 Å². The molecule has 0 bridgehead atoms. The van der Waals surface area contributed by atoms with Gasteiger partial charge in [-0.1, -0.05) is 17.7 Å². The van der Waals surface area contributed by atoms with E-state index in [1.165, 1.54) is 6.20 Å². The number of hydrogen-bond donors (Lipinski definition) is 1. The Morgan fingerprint density at radius 2 is 2.32 bits per heavy atom. The molecule has 1 amide bonds. The van der Waals surface area contributed by atoms with Crippen LogP contribution >= 0.6 is 22.9 Å². The maximum Gasteiger partial charge on any atom is 0.257 e. The molecule has 0 radical (unpaired) electrons. The average molecular weight is 296 g/mol. The third kappa shape index (κ3) is 2.88. The number of nitrogens with zero attached hydrogens (tertiary/aromatic N) is 2. The third-order valence-corrected chi connectivity index (χ3v) is 4.29. The van der Waals surface area contributed by atoms with Gasteiger partial charge in [-0.3, -0.25) is 4.79 Å². The van der Waals surface area contributed by atoms with Crippen LogP contribution in [-0.2, 0) is 0 Å². The molecular weight excluding hydrogens is 282 g/mol. The summed E-state index contributed by atoms with van der Waals surface area (Å²) in [6.07, 6.45) is 1.43. The Labute approximate surface area is 120 Å². The van der Waals surface area contributed by atoms with E-state index in [-0.39, 0.29) is 17.1 Å². The molecule has 6 heteroatoms. The smallest absolute Gasteiger partial charge is 0.257 e. The van der Waals surface area contributed by atoms with Crippen LogP contribution in [0, 0.1) is 0 Å². The fourth-order valence-electron chi connectivity index (χ4n) is 1.70. The number of thiophene rings is 1. The van der Waals surface area contributed by atoms with Gasteiger partial charge in [-0.2, -0.15) is 0 Å². The number of nitrogens with two attached hydrogens (primary N) is 1. The molecule has 0 saturated heterocycles. The van der Waals surface area contributed by atoms with Gasteiger partial charge in [0.1, 0.15) is 5.15 Å². The summed E-state index contributed by atoms with van der Waals surface area (Å²) in [5, 5.41) is 2.16. The highest BCUT2D eigenvalue weighted by atomic mass is 35.5. The molecule has 1 atom stereocenters. The first kappa shape index (κ1) is 13.8. The van der Waals surface area contributed by atoms with Crippen molar-refractivity contribution in [1.29, 1.82) is 0 Å². The van der Waals surface area contributed by atoms with Gasteiger partial charge >= 0.3 is 0 Å². The van der Waals surface area contributed by atoms with Crippen molar-refractivity contribution in [3.63, 3.8) is 0 Å². The summed E-state index contributed by atoms with van der Waals surface area (Å²) >= 11 is 7.57. The number of halogens is 1. The highest BCUT2D eigenvalue weighted by molar-refractivity contribution is 7.10. The summed E-state index contributed by atoms with van der Waals surface area (Å²) in [6, 6.07) is 5.49. The lowest BCUT2D eigenvalue weighted by Gasteiger charge is -2.24. The minimum absolute atomic E-state index is 0.0232. The van der Waals surface area contributed by atoms with Gasteiger partial charge in [-0.25, -0.2) is 4.98 Å². The Kier molecular flexibility index (Phi) is 4.07. The van der Waals surface area contributed by atoms with E-state index in [1.54, 1.807) is 29.4 Å². The van der Waals surface area contributed by atoms with E-state index >= 15 is 0 Å². The number of rotatable bonds is 3. The zero-order valence-electron chi connectivity index (χ0n) is 10.6. The molecule has 4 nitrogen and oxygen atoms in total. The zero-order chi connectivity index (χ0) is 14.0. The topological polar surface area (TPSA) is 59.2 Å². The van der Waals surface area contributed by atoms with Gasteiger partial charge in [0.05, 0.1) is 23.5 Å². The Morgan fingerprint density at radius 3 is 2.95 bits per heavy atom. The molecule has 0 aliphatic rings. The second-order valence-electron chi connectivity index (χ2n) is 4.21. The van der Waals surface area contributed by atoms with Crippen molar-refractivity contribution in [3.05, 3.63) is 45.4 Å². The SMILES string of the molecule is CC(c1cccs1)N(C)C(=O)c1cc(N)cnc1Cl. The summed E-state index contributed by atoms with van der Waals surface area (Å²) in [6.45, 7) is 1.97. The lowest BCUT2D eigenvalue weighted by atomic mass is 10.2. The van der Waals surface area contributed by atoms with Crippen LogP contribution in [0.4, 0.5) is 5.69 Å². The Hall–Kier alpha value is -1.59. The summed E-state index contributed by atoms with van der Waals surface area (Å²) in [5.74, 6) is -0.189. The average Bonchev–Trinajstić information content (AvgIpc) is 2.93. The van der Waals surface area contributed by atoms with Crippen molar-refractivity contribution >= 4 is 34.5 Å². The Bertz CT molecular complexity index is 586. The van der Waals surface area contributed by atoms with Crippen LogP contribution in [0.1, 0.15) is 28.2 Å². The zero-order valence-corrected chi connectivity index (χ0v) is 12.2. The highest BCUT2D eigenvalue weighted by Gasteiger charge is 2.22. The molecule has 0 saturated carbocycles. The summed E-state index contributed by atoms with van der Waals surface area (Å²) < 4.78 is 0. The van der Waals surface area contributed by atoms with E-state index in [0.29, 0.717) is 11.3 Å². The van der Waals surface area contributed by atoms with E-state index in [9.17, 15) is 4.79 Å². The van der Waals surface area contributed by atoms with Gasteiger partial charge in [0.2, 0.25) is 0 Å². The van der Waals surface area contributed by atoms with Gasteiger partial charge < -0.3 is 10.6 Å². The van der Waals surface area contributed by atoms with Crippen molar-refractivity contribution in [2.45, 2.75) is 13.0 Å². The minimum Gasteiger partial charge on any atom is -0.397 e. The normalized spacial score (nSPS) is 12.2. The first-order chi connectivity index (χ1) is 9.00. The summed E-state index contributed by atoms with van der Waals surface area (Å²) in [4.78, 5) is 19.1. The Balaban J connectivity index is 2.26. The van der Waals surface area contributed by atoms with E-state index in [2.05, 4.69) is 4.98 Å². The largest absolute Gasteiger partial charge is 0.397 e. The van der Waals surface area contributed by atoms with Crippen LogP contribution in [0.3, 0.4) is 0 Å². The van der Waals surface area contributed by atoms with Crippen molar-refractivity contribution in [2.24, 2.45) is 0 Å². The monoisotopic (exact) mass is 295 g/mol. The van der Waals surface area contributed by atoms with Crippen molar-refractivity contribution < 1.29 is 4.79 Å². The molecule has 2 N–H and O–H groups in total. The maximum absolute atomic E-state index is 12.4. The van der Waals surface area contributed by atoms with Crippen molar-refractivity contribution in [3.8, 4) is 0 Å². The van der Waals surface area contributed by atoms with E-state index in [1.807, 2.05) is 24.4 Å². The number of anilines is 1. The number of hydrogen-bond acceptors (Lipinski definition) is 4. The first-order valence-electron chi connectivity index (χ1n) is 5.72. The van der Waals surface area contributed by atoms with Crippen molar-refractivity contribution in [1.82, 2.24) is 9.88 Å². The number of pyridine rings is 1. The van der Waals surface area contributed by atoms with E-state index in [4.69, 9.17) is 17.3 Å². The molecular formula is C13H14ClN3OS. The second-order valence-corrected chi connectivity index (χ2v) is 5.55. The number of nitrogen functional groups attached to an aromatic ring is 1. The molecule has 2 rings (SSSR count). The lowest BCUT2D eigenvalue weighted by molar-refractivity contribution is 0.0745. The number of carbonyl (C=O) groups is 1. The van der Waals surface area contributed by atoms with Gasteiger partial charge in [0.25, 0.3) is 5.91 Å². The third-order valence-electron chi connectivity index (χ3n) is 2.95. The minimum atomic E-state index is -0.189.